The molecule has 1 aromatic heterocycles. The van der Waals surface area contributed by atoms with E-state index in [2.05, 4.69) is 10.3 Å². The molecule has 11 heteroatoms. The second-order valence-corrected chi connectivity index (χ2v) is 7.60. The van der Waals surface area contributed by atoms with Gasteiger partial charge in [0.2, 0.25) is 0 Å². The molecule has 1 fully saturated rings. The maximum Gasteiger partial charge on any atom is 0.433 e. The van der Waals surface area contributed by atoms with Crippen molar-refractivity contribution in [2.75, 3.05) is 19.6 Å². The number of rotatable bonds is 5. The third-order valence-corrected chi connectivity index (χ3v) is 5.39. The maximum absolute atomic E-state index is 14.0. The van der Waals surface area contributed by atoms with Crippen LogP contribution in [-0.4, -0.2) is 41.3 Å². The molecule has 1 unspecified atom stereocenters. The summed E-state index contributed by atoms with van der Waals surface area (Å²) in [5.74, 6) is -4.49. The Morgan fingerprint density at radius 3 is 2.42 bits per heavy atom. The normalized spacial score (nSPS) is 17.9. The Labute approximate surface area is 179 Å². The van der Waals surface area contributed by atoms with Crippen molar-refractivity contribution in [3.8, 4) is 0 Å². The van der Waals surface area contributed by atoms with E-state index in [0.717, 1.165) is 18.3 Å². The molecule has 1 amide bonds. The molecule has 2 aromatic rings. The van der Waals surface area contributed by atoms with Crippen LogP contribution in [0.1, 0.15) is 40.5 Å². The van der Waals surface area contributed by atoms with Crippen molar-refractivity contribution in [1.82, 2.24) is 15.2 Å². The number of pyridine rings is 1. The summed E-state index contributed by atoms with van der Waals surface area (Å²) in [4.78, 5) is 17.5. The highest BCUT2D eigenvalue weighted by Crippen LogP contribution is 2.33. The smallest absolute Gasteiger partial charge is 0.350 e. The molecule has 1 N–H and O–H groups in total. The van der Waals surface area contributed by atoms with E-state index in [1.807, 2.05) is 0 Å². The number of benzene rings is 1. The fraction of sp³-hybridized carbons (Fsp3) is 0.400. The zero-order valence-corrected chi connectivity index (χ0v) is 16.8. The maximum atomic E-state index is 14.0. The zero-order chi connectivity index (χ0) is 22.8. The van der Waals surface area contributed by atoms with Crippen molar-refractivity contribution in [2.45, 2.75) is 31.0 Å². The van der Waals surface area contributed by atoms with Crippen LogP contribution in [0.3, 0.4) is 0 Å². The van der Waals surface area contributed by atoms with Gasteiger partial charge in [0.25, 0.3) is 11.8 Å². The molecule has 0 aliphatic carbocycles. The van der Waals surface area contributed by atoms with E-state index in [-0.39, 0.29) is 30.2 Å². The number of aromatic nitrogens is 1. The fourth-order valence-electron chi connectivity index (χ4n) is 3.38. The number of nitrogens with one attached hydrogen (secondary N) is 1. The molecule has 0 radical (unpaired) electrons. The van der Waals surface area contributed by atoms with Crippen molar-refractivity contribution in [3.63, 3.8) is 0 Å². The highest BCUT2D eigenvalue weighted by Gasteiger charge is 2.37. The molecule has 3 rings (SSSR count). The second-order valence-electron chi connectivity index (χ2n) is 7.19. The quantitative estimate of drug-likeness (QED) is 0.625. The van der Waals surface area contributed by atoms with Gasteiger partial charge in [-0.15, -0.1) is 0 Å². The van der Waals surface area contributed by atoms with E-state index in [1.165, 1.54) is 18.2 Å². The fourth-order valence-corrected chi connectivity index (χ4v) is 3.63. The standard InChI is InChI=1S/C20H18ClF6N3O/c21-13-2-1-3-14(22)17(13)18(31)29-11-15(30-8-6-19(23,24)7-9-30)12-4-5-16(28-10-12)20(25,26)27/h1-5,10,15H,6-9,11H2,(H,29,31). The van der Waals surface area contributed by atoms with E-state index in [9.17, 15) is 31.1 Å². The van der Waals surface area contributed by atoms with Crippen LogP contribution in [-0.2, 0) is 6.18 Å². The third-order valence-electron chi connectivity index (χ3n) is 5.08. The van der Waals surface area contributed by atoms with Gasteiger partial charge in [-0.1, -0.05) is 23.7 Å². The molecule has 0 spiro atoms. The molecule has 1 aliphatic heterocycles. The van der Waals surface area contributed by atoms with Crippen LogP contribution >= 0.6 is 11.6 Å². The number of carbonyl (C=O) groups excluding carboxylic acids is 1. The first-order valence-electron chi connectivity index (χ1n) is 9.35. The van der Waals surface area contributed by atoms with Crippen LogP contribution in [0.2, 0.25) is 5.02 Å². The first-order chi connectivity index (χ1) is 14.5. The lowest BCUT2D eigenvalue weighted by molar-refractivity contribution is -0.141. The minimum atomic E-state index is -4.63. The Kier molecular flexibility index (Phi) is 6.80. The Hall–Kier alpha value is -2.33. The number of likely N-dealkylation sites (tertiary alicyclic amines) is 1. The lowest BCUT2D eigenvalue weighted by Gasteiger charge is -2.37. The van der Waals surface area contributed by atoms with Gasteiger partial charge >= 0.3 is 6.18 Å². The highest BCUT2D eigenvalue weighted by molar-refractivity contribution is 6.33. The topological polar surface area (TPSA) is 45.2 Å². The number of hydrogen-bond donors (Lipinski definition) is 1. The summed E-state index contributed by atoms with van der Waals surface area (Å²) in [5.41, 5.74) is -1.17. The largest absolute Gasteiger partial charge is 0.433 e. The summed E-state index contributed by atoms with van der Waals surface area (Å²) in [6.07, 6.45) is -4.48. The molecule has 0 saturated carbocycles. The number of nitrogens with zero attached hydrogens (tertiary/aromatic N) is 2. The van der Waals surface area contributed by atoms with Crippen LogP contribution in [0.25, 0.3) is 0 Å². The number of amides is 1. The Balaban J connectivity index is 1.82. The molecule has 1 aromatic carbocycles. The van der Waals surface area contributed by atoms with E-state index in [0.29, 0.717) is 5.56 Å². The first-order valence-corrected chi connectivity index (χ1v) is 9.73. The number of hydrogen-bond acceptors (Lipinski definition) is 3. The SMILES string of the molecule is O=C(NCC(c1ccc(C(F)(F)F)nc1)N1CCC(F)(F)CC1)c1c(F)cccc1Cl. The summed E-state index contributed by atoms with van der Waals surface area (Å²) in [5, 5.41) is 2.39. The molecule has 1 aliphatic rings. The molecule has 168 valence electrons. The molecule has 2 heterocycles. The van der Waals surface area contributed by atoms with E-state index < -0.39 is 48.4 Å². The first kappa shape index (κ1) is 23.3. The average molecular weight is 466 g/mol. The Bertz CT molecular complexity index is 905. The zero-order valence-electron chi connectivity index (χ0n) is 16.0. The van der Waals surface area contributed by atoms with Crippen molar-refractivity contribution in [2.24, 2.45) is 0 Å². The molecule has 1 saturated heterocycles. The minimum Gasteiger partial charge on any atom is -0.350 e. The van der Waals surface area contributed by atoms with Gasteiger partial charge in [0, 0.05) is 38.7 Å². The average Bonchev–Trinajstić information content (AvgIpc) is 2.68. The van der Waals surface area contributed by atoms with Gasteiger partial charge in [0.15, 0.2) is 0 Å². The van der Waals surface area contributed by atoms with Gasteiger partial charge in [-0.2, -0.15) is 13.2 Å². The predicted octanol–water partition coefficient (Wildman–Crippen LogP) is 5.10. The van der Waals surface area contributed by atoms with Gasteiger partial charge in [-0.25, -0.2) is 13.2 Å². The molecular weight excluding hydrogens is 448 g/mol. The van der Waals surface area contributed by atoms with Crippen LogP contribution in [0.5, 0.6) is 0 Å². The molecule has 0 bridgehead atoms. The molecule has 1 atom stereocenters. The number of carbonyl (C=O) groups is 1. The molecular formula is C20H18ClF6N3O. The molecule has 4 nitrogen and oxygen atoms in total. The van der Waals surface area contributed by atoms with Gasteiger partial charge in [0.05, 0.1) is 16.6 Å². The van der Waals surface area contributed by atoms with Crippen LogP contribution in [0.4, 0.5) is 26.3 Å². The Morgan fingerprint density at radius 1 is 1.19 bits per heavy atom. The minimum absolute atomic E-state index is 0.0327. The van der Waals surface area contributed by atoms with Crippen LogP contribution in [0, 0.1) is 5.82 Å². The van der Waals surface area contributed by atoms with E-state index in [4.69, 9.17) is 11.6 Å². The van der Waals surface area contributed by atoms with Gasteiger partial charge < -0.3 is 5.32 Å². The van der Waals surface area contributed by atoms with Gasteiger partial charge in [-0.3, -0.25) is 14.7 Å². The summed E-state index contributed by atoms with van der Waals surface area (Å²) in [6.45, 7) is -0.230. The third kappa shape index (κ3) is 5.68. The van der Waals surface area contributed by atoms with Crippen molar-refractivity contribution >= 4 is 17.5 Å². The number of alkyl halides is 5. The van der Waals surface area contributed by atoms with Crippen LogP contribution in [0.15, 0.2) is 36.5 Å². The van der Waals surface area contributed by atoms with Crippen molar-refractivity contribution in [1.29, 1.82) is 0 Å². The van der Waals surface area contributed by atoms with Gasteiger partial charge in [-0.05, 0) is 23.8 Å². The summed E-state index contributed by atoms with van der Waals surface area (Å²) in [7, 11) is 0. The van der Waals surface area contributed by atoms with Crippen molar-refractivity contribution < 1.29 is 31.1 Å². The highest BCUT2D eigenvalue weighted by atomic mass is 35.5. The number of piperidine rings is 1. The van der Waals surface area contributed by atoms with Gasteiger partial charge in [0.1, 0.15) is 11.5 Å². The lowest BCUT2D eigenvalue weighted by atomic mass is 10.0. The Morgan fingerprint density at radius 2 is 1.87 bits per heavy atom. The van der Waals surface area contributed by atoms with E-state index in [1.54, 1.807) is 4.90 Å². The molecule has 31 heavy (non-hydrogen) atoms. The summed E-state index contributed by atoms with van der Waals surface area (Å²) < 4.78 is 79.6. The number of halogens is 7. The van der Waals surface area contributed by atoms with Crippen molar-refractivity contribution in [3.05, 3.63) is 64.2 Å². The van der Waals surface area contributed by atoms with E-state index >= 15 is 0 Å². The monoisotopic (exact) mass is 465 g/mol. The van der Waals surface area contributed by atoms with Crippen LogP contribution < -0.4 is 5.32 Å². The lowest BCUT2D eigenvalue weighted by Crippen LogP contribution is -2.45. The second kappa shape index (κ2) is 9.04. The predicted molar refractivity (Wildman–Crippen MR) is 101 cm³/mol. The summed E-state index contributed by atoms with van der Waals surface area (Å²) in [6, 6.07) is 4.97. The summed E-state index contributed by atoms with van der Waals surface area (Å²) >= 11 is 5.89.